The van der Waals surface area contributed by atoms with Crippen molar-refractivity contribution in [2.24, 2.45) is 0 Å². The predicted molar refractivity (Wildman–Crippen MR) is 69.9 cm³/mol. The molecule has 0 saturated heterocycles. The Hall–Kier alpha value is -1.50. The molecule has 0 aliphatic carbocycles. The number of benzene rings is 1. The third-order valence-corrected chi connectivity index (χ3v) is 2.60. The molecule has 1 aromatic rings. The van der Waals surface area contributed by atoms with Crippen LogP contribution in [0.4, 0.5) is 0 Å². The SMILES string of the molecule is CC=CCc1cc(C)c(O)c(CC=CC)c1. The van der Waals surface area contributed by atoms with E-state index in [0.717, 1.165) is 24.0 Å². The van der Waals surface area contributed by atoms with Gasteiger partial charge in [-0.15, -0.1) is 0 Å². The van der Waals surface area contributed by atoms with Crippen molar-refractivity contribution in [1.29, 1.82) is 0 Å². The molecule has 1 N–H and O–H groups in total. The van der Waals surface area contributed by atoms with Crippen LogP contribution in [-0.2, 0) is 12.8 Å². The fraction of sp³-hybridized carbons (Fsp3) is 0.333. The zero-order chi connectivity index (χ0) is 12.0. The molecule has 16 heavy (non-hydrogen) atoms. The van der Waals surface area contributed by atoms with E-state index >= 15 is 0 Å². The average molecular weight is 216 g/mol. The van der Waals surface area contributed by atoms with Crippen molar-refractivity contribution >= 4 is 0 Å². The molecule has 1 heteroatoms. The van der Waals surface area contributed by atoms with Gasteiger partial charge in [-0.2, -0.15) is 0 Å². The molecule has 0 spiro atoms. The molecule has 86 valence electrons. The van der Waals surface area contributed by atoms with E-state index in [1.54, 1.807) is 0 Å². The first-order valence-corrected chi connectivity index (χ1v) is 5.72. The quantitative estimate of drug-likeness (QED) is 0.756. The summed E-state index contributed by atoms with van der Waals surface area (Å²) in [5, 5.41) is 9.92. The lowest BCUT2D eigenvalue weighted by molar-refractivity contribution is 0.465. The van der Waals surface area contributed by atoms with Crippen LogP contribution >= 0.6 is 0 Å². The number of rotatable bonds is 4. The number of phenols is 1. The summed E-state index contributed by atoms with van der Waals surface area (Å²) in [6.45, 7) is 5.97. The van der Waals surface area contributed by atoms with Crippen LogP contribution in [-0.4, -0.2) is 5.11 Å². The lowest BCUT2D eigenvalue weighted by Gasteiger charge is -2.08. The summed E-state index contributed by atoms with van der Waals surface area (Å²) in [7, 11) is 0. The summed E-state index contributed by atoms with van der Waals surface area (Å²) in [4.78, 5) is 0. The van der Waals surface area contributed by atoms with Gasteiger partial charge in [0.1, 0.15) is 5.75 Å². The molecule has 0 unspecified atom stereocenters. The van der Waals surface area contributed by atoms with Gasteiger partial charge in [0, 0.05) is 0 Å². The van der Waals surface area contributed by atoms with Crippen molar-refractivity contribution in [1.82, 2.24) is 0 Å². The molecule has 0 bridgehead atoms. The Labute approximate surface area is 98.1 Å². The van der Waals surface area contributed by atoms with E-state index in [0.29, 0.717) is 5.75 Å². The van der Waals surface area contributed by atoms with E-state index < -0.39 is 0 Å². The largest absolute Gasteiger partial charge is 0.507 e. The van der Waals surface area contributed by atoms with E-state index in [-0.39, 0.29) is 0 Å². The summed E-state index contributed by atoms with van der Waals surface area (Å²) in [6, 6.07) is 4.14. The van der Waals surface area contributed by atoms with Crippen LogP contribution in [0.2, 0.25) is 0 Å². The third kappa shape index (κ3) is 3.27. The van der Waals surface area contributed by atoms with Crippen LogP contribution in [0.5, 0.6) is 5.75 Å². The van der Waals surface area contributed by atoms with Gasteiger partial charge in [0.15, 0.2) is 0 Å². The molecule has 0 heterocycles. The molecule has 0 atom stereocenters. The second-order valence-corrected chi connectivity index (χ2v) is 3.97. The van der Waals surface area contributed by atoms with Crippen molar-refractivity contribution in [2.45, 2.75) is 33.6 Å². The number of allylic oxidation sites excluding steroid dienone is 4. The topological polar surface area (TPSA) is 20.2 Å². The zero-order valence-electron chi connectivity index (χ0n) is 10.3. The van der Waals surface area contributed by atoms with Gasteiger partial charge in [-0.3, -0.25) is 0 Å². The van der Waals surface area contributed by atoms with Crippen LogP contribution in [0.3, 0.4) is 0 Å². The Morgan fingerprint density at radius 1 is 1.06 bits per heavy atom. The van der Waals surface area contributed by atoms with Gasteiger partial charge in [0.05, 0.1) is 0 Å². The molecule has 1 rings (SSSR count). The normalized spacial score (nSPS) is 11.7. The second-order valence-electron chi connectivity index (χ2n) is 3.97. The van der Waals surface area contributed by atoms with Gasteiger partial charge in [-0.25, -0.2) is 0 Å². The minimum Gasteiger partial charge on any atom is -0.507 e. The van der Waals surface area contributed by atoms with E-state index in [4.69, 9.17) is 0 Å². The summed E-state index contributed by atoms with van der Waals surface area (Å²) < 4.78 is 0. The molecule has 0 radical (unpaired) electrons. The van der Waals surface area contributed by atoms with Gasteiger partial charge in [0.2, 0.25) is 0 Å². The fourth-order valence-electron chi connectivity index (χ4n) is 1.71. The van der Waals surface area contributed by atoms with Crippen LogP contribution in [0, 0.1) is 6.92 Å². The van der Waals surface area contributed by atoms with Crippen LogP contribution in [0.25, 0.3) is 0 Å². The number of aromatic hydroxyl groups is 1. The maximum atomic E-state index is 9.92. The summed E-state index contributed by atoms with van der Waals surface area (Å²) >= 11 is 0. The molecular weight excluding hydrogens is 196 g/mol. The Balaban J connectivity index is 3.01. The first-order chi connectivity index (χ1) is 7.69. The number of hydrogen-bond acceptors (Lipinski definition) is 1. The van der Waals surface area contributed by atoms with Gasteiger partial charge in [-0.1, -0.05) is 36.4 Å². The fourth-order valence-corrected chi connectivity index (χ4v) is 1.71. The maximum absolute atomic E-state index is 9.92. The Kier molecular flexibility index (Phi) is 4.84. The lowest BCUT2D eigenvalue weighted by Crippen LogP contribution is -1.91. The zero-order valence-corrected chi connectivity index (χ0v) is 10.3. The monoisotopic (exact) mass is 216 g/mol. The standard InChI is InChI=1S/C15H20O/c1-4-6-8-13-10-12(3)15(16)14(11-13)9-7-5-2/h4-7,10-11,16H,8-9H2,1-3H3. The minimum absolute atomic E-state index is 0.433. The van der Waals surface area contributed by atoms with E-state index in [1.807, 2.05) is 32.9 Å². The first kappa shape index (κ1) is 12.6. The predicted octanol–water partition coefficient (Wildman–Crippen LogP) is 3.94. The van der Waals surface area contributed by atoms with Crippen LogP contribution in [0.1, 0.15) is 30.5 Å². The summed E-state index contributed by atoms with van der Waals surface area (Å²) in [5.41, 5.74) is 3.23. The molecular formula is C15H20O. The highest BCUT2D eigenvalue weighted by atomic mass is 16.3. The molecule has 0 aliphatic heterocycles. The molecule has 0 fully saturated rings. The molecule has 0 aliphatic rings. The summed E-state index contributed by atoms with van der Waals surface area (Å²) in [6.07, 6.45) is 9.98. The Bertz CT molecular complexity index is 400. The Morgan fingerprint density at radius 2 is 1.69 bits per heavy atom. The van der Waals surface area contributed by atoms with Gasteiger partial charge < -0.3 is 5.11 Å². The lowest BCUT2D eigenvalue weighted by atomic mass is 10.0. The third-order valence-electron chi connectivity index (χ3n) is 2.60. The smallest absolute Gasteiger partial charge is 0.122 e. The molecule has 1 aromatic carbocycles. The van der Waals surface area contributed by atoms with Crippen LogP contribution < -0.4 is 0 Å². The molecule has 1 nitrogen and oxygen atoms in total. The van der Waals surface area contributed by atoms with Crippen molar-refractivity contribution in [3.63, 3.8) is 0 Å². The van der Waals surface area contributed by atoms with Gasteiger partial charge in [-0.05, 0) is 50.3 Å². The highest BCUT2D eigenvalue weighted by Gasteiger charge is 2.05. The second kappa shape index (κ2) is 6.16. The van der Waals surface area contributed by atoms with E-state index in [1.165, 1.54) is 5.56 Å². The molecule has 0 saturated carbocycles. The molecule has 0 amide bonds. The van der Waals surface area contributed by atoms with Crippen molar-refractivity contribution in [3.05, 3.63) is 53.1 Å². The number of hydrogen-bond donors (Lipinski definition) is 1. The van der Waals surface area contributed by atoms with E-state index in [9.17, 15) is 5.11 Å². The summed E-state index contributed by atoms with van der Waals surface area (Å²) in [5.74, 6) is 0.433. The van der Waals surface area contributed by atoms with Crippen molar-refractivity contribution in [2.75, 3.05) is 0 Å². The number of phenolic OH excluding ortho intramolecular Hbond substituents is 1. The van der Waals surface area contributed by atoms with E-state index in [2.05, 4.69) is 24.3 Å². The Morgan fingerprint density at radius 3 is 2.31 bits per heavy atom. The van der Waals surface area contributed by atoms with Gasteiger partial charge in [0.25, 0.3) is 0 Å². The van der Waals surface area contributed by atoms with Crippen molar-refractivity contribution in [3.8, 4) is 5.75 Å². The van der Waals surface area contributed by atoms with Crippen LogP contribution in [0.15, 0.2) is 36.4 Å². The minimum atomic E-state index is 0.433. The maximum Gasteiger partial charge on any atom is 0.122 e. The highest BCUT2D eigenvalue weighted by Crippen LogP contribution is 2.25. The first-order valence-electron chi connectivity index (χ1n) is 5.72. The average Bonchev–Trinajstić information content (AvgIpc) is 2.28. The highest BCUT2D eigenvalue weighted by molar-refractivity contribution is 5.44. The van der Waals surface area contributed by atoms with Crippen molar-refractivity contribution < 1.29 is 5.11 Å². The number of aryl methyl sites for hydroxylation is 1. The van der Waals surface area contributed by atoms with Gasteiger partial charge >= 0.3 is 0 Å². The molecule has 0 aromatic heterocycles.